The third-order valence-corrected chi connectivity index (χ3v) is 3.81. The Morgan fingerprint density at radius 2 is 2.33 bits per heavy atom. The summed E-state index contributed by atoms with van der Waals surface area (Å²) in [6, 6.07) is 4.37. The molecule has 0 bridgehead atoms. The van der Waals surface area contributed by atoms with E-state index in [1.807, 2.05) is 6.07 Å². The lowest BCUT2D eigenvalue weighted by molar-refractivity contribution is -0.120. The second-order valence-corrected chi connectivity index (χ2v) is 5.86. The first-order valence-electron chi connectivity index (χ1n) is 6.26. The van der Waals surface area contributed by atoms with E-state index in [4.69, 9.17) is 0 Å². The van der Waals surface area contributed by atoms with E-state index >= 15 is 0 Å². The number of halogens is 1. The second-order valence-electron chi connectivity index (χ2n) is 4.83. The van der Waals surface area contributed by atoms with Gasteiger partial charge in [0.1, 0.15) is 0 Å². The highest BCUT2D eigenvalue weighted by Gasteiger charge is 2.20. The van der Waals surface area contributed by atoms with E-state index in [1.165, 1.54) is 17.7 Å². The van der Waals surface area contributed by atoms with Gasteiger partial charge in [-0.1, -0.05) is 6.07 Å². The van der Waals surface area contributed by atoms with Crippen LogP contribution >= 0.6 is 23.7 Å². The Kier molecular flexibility index (Phi) is 6.68. The van der Waals surface area contributed by atoms with Crippen LogP contribution in [0.4, 0.5) is 0 Å². The summed E-state index contributed by atoms with van der Waals surface area (Å²) in [5, 5.41) is 8.29. The molecule has 1 amide bonds. The van der Waals surface area contributed by atoms with Gasteiger partial charge < -0.3 is 10.6 Å². The summed E-state index contributed by atoms with van der Waals surface area (Å²) in [7, 11) is 0. The molecule has 1 atom stereocenters. The van der Waals surface area contributed by atoms with E-state index in [-0.39, 0.29) is 24.4 Å². The molecule has 0 saturated heterocycles. The molecule has 2 rings (SSSR count). The van der Waals surface area contributed by atoms with Crippen molar-refractivity contribution >= 4 is 29.7 Å². The second kappa shape index (κ2) is 7.77. The van der Waals surface area contributed by atoms with Gasteiger partial charge in [0.25, 0.3) is 0 Å². The fraction of sp³-hybridized carbons (Fsp3) is 0.615. The molecule has 1 unspecified atom stereocenters. The molecule has 1 aromatic heterocycles. The van der Waals surface area contributed by atoms with Crippen LogP contribution in [0.2, 0.25) is 0 Å². The van der Waals surface area contributed by atoms with E-state index < -0.39 is 0 Å². The predicted molar refractivity (Wildman–Crippen MR) is 78.5 cm³/mol. The van der Waals surface area contributed by atoms with Crippen molar-refractivity contribution in [3.8, 4) is 0 Å². The Hall–Kier alpha value is -0.580. The van der Waals surface area contributed by atoms with Crippen LogP contribution in [-0.4, -0.2) is 25.0 Å². The molecule has 0 spiro atoms. The summed E-state index contributed by atoms with van der Waals surface area (Å²) in [6.45, 7) is 3.50. The van der Waals surface area contributed by atoms with E-state index in [1.54, 1.807) is 11.3 Å². The van der Waals surface area contributed by atoms with Crippen molar-refractivity contribution in [2.24, 2.45) is 5.92 Å². The fourth-order valence-corrected chi connectivity index (χ4v) is 2.65. The molecule has 0 aromatic carbocycles. The van der Waals surface area contributed by atoms with Crippen molar-refractivity contribution in [2.75, 3.05) is 13.1 Å². The van der Waals surface area contributed by atoms with Crippen LogP contribution in [0.5, 0.6) is 0 Å². The van der Waals surface area contributed by atoms with Crippen LogP contribution in [0.25, 0.3) is 0 Å². The molecule has 0 aliphatic heterocycles. The SMILES string of the molecule is CC(Cc1cccs1)NC(=O)CNCC1CC1.Cl. The number of thiophene rings is 1. The van der Waals surface area contributed by atoms with E-state index in [2.05, 4.69) is 29.0 Å². The lowest BCUT2D eigenvalue weighted by Crippen LogP contribution is -2.40. The highest BCUT2D eigenvalue weighted by atomic mass is 35.5. The molecular formula is C13H21ClN2OS. The van der Waals surface area contributed by atoms with Gasteiger partial charge in [-0.05, 0) is 43.7 Å². The first-order chi connectivity index (χ1) is 8.24. The van der Waals surface area contributed by atoms with Crippen LogP contribution in [-0.2, 0) is 11.2 Å². The average Bonchev–Trinajstić information content (AvgIpc) is 2.95. The van der Waals surface area contributed by atoms with Crippen molar-refractivity contribution in [3.05, 3.63) is 22.4 Å². The number of carbonyl (C=O) groups excluding carboxylic acids is 1. The van der Waals surface area contributed by atoms with Gasteiger partial charge in [0.15, 0.2) is 0 Å². The molecule has 5 heteroatoms. The first kappa shape index (κ1) is 15.5. The third-order valence-electron chi connectivity index (χ3n) is 2.91. The maximum atomic E-state index is 11.6. The molecule has 3 nitrogen and oxygen atoms in total. The lowest BCUT2D eigenvalue weighted by atomic mass is 10.2. The molecule has 1 aromatic rings. The molecule has 1 aliphatic carbocycles. The zero-order valence-electron chi connectivity index (χ0n) is 10.6. The molecule has 2 N–H and O–H groups in total. The Bertz CT molecular complexity index is 352. The summed E-state index contributed by atoms with van der Waals surface area (Å²) >= 11 is 1.74. The Morgan fingerprint density at radius 1 is 1.56 bits per heavy atom. The molecule has 1 heterocycles. The van der Waals surface area contributed by atoms with Gasteiger partial charge in [0.05, 0.1) is 6.54 Å². The minimum absolute atomic E-state index is 0. The zero-order chi connectivity index (χ0) is 12.1. The van der Waals surface area contributed by atoms with Gasteiger partial charge in [-0.3, -0.25) is 4.79 Å². The van der Waals surface area contributed by atoms with Crippen molar-refractivity contribution in [2.45, 2.75) is 32.2 Å². The van der Waals surface area contributed by atoms with Crippen molar-refractivity contribution < 1.29 is 4.79 Å². The van der Waals surface area contributed by atoms with E-state index in [9.17, 15) is 4.79 Å². The largest absolute Gasteiger partial charge is 0.352 e. The van der Waals surface area contributed by atoms with E-state index in [0.717, 1.165) is 18.9 Å². The Balaban J connectivity index is 0.00000162. The number of hydrogen-bond acceptors (Lipinski definition) is 3. The number of hydrogen-bond donors (Lipinski definition) is 2. The number of carbonyl (C=O) groups is 1. The number of nitrogens with one attached hydrogen (secondary N) is 2. The minimum atomic E-state index is 0. The summed E-state index contributed by atoms with van der Waals surface area (Å²) in [5.74, 6) is 0.932. The summed E-state index contributed by atoms with van der Waals surface area (Å²) in [5.41, 5.74) is 0. The van der Waals surface area contributed by atoms with Gasteiger partial charge >= 0.3 is 0 Å². The standard InChI is InChI=1S/C13H20N2OS.ClH/c1-10(7-12-3-2-6-17-12)15-13(16)9-14-8-11-4-5-11;/h2-3,6,10-11,14H,4-5,7-9H2,1H3,(H,15,16);1H. The maximum Gasteiger partial charge on any atom is 0.234 e. The van der Waals surface area contributed by atoms with Gasteiger partial charge in [-0.25, -0.2) is 0 Å². The smallest absolute Gasteiger partial charge is 0.234 e. The van der Waals surface area contributed by atoms with Gasteiger partial charge in [-0.15, -0.1) is 23.7 Å². The minimum Gasteiger partial charge on any atom is -0.352 e. The van der Waals surface area contributed by atoms with Crippen LogP contribution in [0.1, 0.15) is 24.6 Å². The number of rotatable bonds is 7. The molecule has 102 valence electrons. The zero-order valence-corrected chi connectivity index (χ0v) is 12.3. The third kappa shape index (κ3) is 5.85. The van der Waals surface area contributed by atoms with Gasteiger partial charge in [-0.2, -0.15) is 0 Å². The Morgan fingerprint density at radius 3 is 2.94 bits per heavy atom. The summed E-state index contributed by atoms with van der Waals surface area (Å²) < 4.78 is 0. The monoisotopic (exact) mass is 288 g/mol. The first-order valence-corrected chi connectivity index (χ1v) is 7.14. The Labute approximate surface area is 119 Å². The quantitative estimate of drug-likeness (QED) is 0.808. The van der Waals surface area contributed by atoms with E-state index in [0.29, 0.717) is 6.54 Å². The van der Waals surface area contributed by atoms with Crippen molar-refractivity contribution in [3.63, 3.8) is 0 Å². The molecule has 1 saturated carbocycles. The lowest BCUT2D eigenvalue weighted by Gasteiger charge is -2.13. The van der Waals surface area contributed by atoms with Crippen molar-refractivity contribution in [1.82, 2.24) is 10.6 Å². The molecule has 0 radical (unpaired) electrons. The normalized spacial score (nSPS) is 15.8. The molecule has 18 heavy (non-hydrogen) atoms. The maximum absolute atomic E-state index is 11.6. The van der Waals surface area contributed by atoms with Crippen LogP contribution in [0.15, 0.2) is 17.5 Å². The fourth-order valence-electron chi connectivity index (χ4n) is 1.82. The van der Waals surface area contributed by atoms with Gasteiger partial charge in [0.2, 0.25) is 5.91 Å². The molecular weight excluding hydrogens is 268 g/mol. The highest BCUT2D eigenvalue weighted by molar-refractivity contribution is 7.09. The number of amides is 1. The van der Waals surface area contributed by atoms with Crippen LogP contribution in [0, 0.1) is 5.92 Å². The van der Waals surface area contributed by atoms with Crippen molar-refractivity contribution in [1.29, 1.82) is 0 Å². The summed E-state index contributed by atoms with van der Waals surface area (Å²) in [6.07, 6.45) is 3.57. The summed E-state index contributed by atoms with van der Waals surface area (Å²) in [4.78, 5) is 12.9. The van der Waals surface area contributed by atoms with Gasteiger partial charge in [0, 0.05) is 17.3 Å². The molecule has 1 aliphatic rings. The predicted octanol–water partition coefficient (Wildman–Crippen LogP) is 2.22. The average molecular weight is 289 g/mol. The molecule has 1 fully saturated rings. The van der Waals surface area contributed by atoms with Crippen LogP contribution in [0.3, 0.4) is 0 Å². The topological polar surface area (TPSA) is 41.1 Å². The van der Waals surface area contributed by atoms with Crippen LogP contribution < -0.4 is 10.6 Å². The highest BCUT2D eigenvalue weighted by Crippen LogP contribution is 2.27.